The molecule has 2 aromatic carbocycles. The van der Waals surface area contributed by atoms with Gasteiger partial charge >= 0.3 is 21.6 Å². The van der Waals surface area contributed by atoms with E-state index in [4.69, 9.17) is 4.74 Å². The molecule has 27 heavy (non-hydrogen) atoms. The lowest BCUT2D eigenvalue weighted by atomic mass is 10.2. The summed E-state index contributed by atoms with van der Waals surface area (Å²) >= 11 is 0. The fraction of sp³-hybridized carbons (Fsp3) is 0.0625. The number of fused-ring (bicyclic) bond motifs is 1. The molecular weight excluding hydrogens is 387 g/mol. The molecule has 3 aromatic rings. The zero-order chi connectivity index (χ0) is 19.7. The van der Waals surface area contributed by atoms with Crippen LogP contribution in [-0.4, -0.2) is 25.0 Å². The van der Waals surface area contributed by atoms with E-state index in [0.29, 0.717) is 16.6 Å². The number of ether oxygens (including phenoxy) is 1. The maximum atomic E-state index is 12.4. The van der Waals surface area contributed by atoms with Gasteiger partial charge in [-0.1, -0.05) is 18.2 Å². The summed E-state index contributed by atoms with van der Waals surface area (Å²) in [5.41, 5.74) is -4.75. The fourth-order valence-electron chi connectivity index (χ4n) is 2.20. The van der Waals surface area contributed by atoms with Crippen molar-refractivity contribution in [1.82, 2.24) is 4.98 Å². The summed E-state index contributed by atoms with van der Waals surface area (Å²) in [6.07, 6.45) is -0.772. The van der Waals surface area contributed by atoms with Crippen LogP contribution in [0.2, 0.25) is 0 Å². The Kier molecular flexibility index (Phi) is 4.70. The minimum atomic E-state index is -5.52. The lowest BCUT2D eigenvalue weighted by molar-refractivity contribution is -0.0429. The summed E-state index contributed by atoms with van der Waals surface area (Å²) in [5.74, 6) is 0.0364. The molecule has 0 saturated carbocycles. The standard InChI is InChI=1S/C16H12F3N3O4S/c17-16(18,19)27(24,25)22-12-6-7-13-10(8-12)9-14(21-13)26-15(23)20-11-4-2-1-3-5-11/h1-9,21-22H,(H,20,23). The van der Waals surface area contributed by atoms with E-state index < -0.39 is 21.6 Å². The lowest BCUT2D eigenvalue weighted by Crippen LogP contribution is -2.29. The van der Waals surface area contributed by atoms with Crippen LogP contribution in [0.25, 0.3) is 10.9 Å². The molecule has 3 N–H and O–H groups in total. The molecule has 0 atom stereocenters. The van der Waals surface area contributed by atoms with Crippen molar-refractivity contribution in [3.8, 4) is 5.88 Å². The monoisotopic (exact) mass is 399 g/mol. The SMILES string of the molecule is O=C(Nc1ccccc1)Oc1cc2cc(NS(=O)(=O)C(F)(F)F)ccc2[nH]1. The average Bonchev–Trinajstić information content (AvgIpc) is 2.95. The van der Waals surface area contributed by atoms with Crippen LogP contribution in [0.5, 0.6) is 5.88 Å². The number of rotatable bonds is 4. The molecule has 0 spiro atoms. The predicted octanol–water partition coefficient (Wildman–Crippen LogP) is 4.04. The van der Waals surface area contributed by atoms with Crippen molar-refractivity contribution in [3.05, 3.63) is 54.6 Å². The van der Waals surface area contributed by atoms with Crippen molar-refractivity contribution < 1.29 is 31.1 Å². The Bertz CT molecular complexity index is 1080. The molecule has 0 aliphatic heterocycles. The van der Waals surface area contributed by atoms with Crippen LogP contribution in [0, 0.1) is 0 Å². The van der Waals surface area contributed by atoms with Crippen LogP contribution in [0.1, 0.15) is 0 Å². The summed E-state index contributed by atoms with van der Waals surface area (Å²) in [6, 6.07) is 13.6. The van der Waals surface area contributed by atoms with Crippen molar-refractivity contribution >= 4 is 38.4 Å². The number of anilines is 2. The average molecular weight is 399 g/mol. The number of hydrogen-bond acceptors (Lipinski definition) is 4. The van der Waals surface area contributed by atoms with E-state index in [9.17, 15) is 26.4 Å². The molecule has 142 valence electrons. The van der Waals surface area contributed by atoms with Gasteiger partial charge in [-0.05, 0) is 30.3 Å². The first kappa shape index (κ1) is 18.6. The second kappa shape index (κ2) is 6.83. The van der Waals surface area contributed by atoms with Gasteiger partial charge in [0.1, 0.15) is 0 Å². The molecule has 0 radical (unpaired) electrons. The minimum Gasteiger partial charge on any atom is -0.393 e. The fourth-order valence-corrected chi connectivity index (χ4v) is 2.76. The Hall–Kier alpha value is -3.21. The summed E-state index contributed by atoms with van der Waals surface area (Å²) in [6.45, 7) is 0. The molecule has 0 aliphatic carbocycles. The van der Waals surface area contributed by atoms with Crippen molar-refractivity contribution in [2.24, 2.45) is 0 Å². The number of carbonyl (C=O) groups excluding carboxylic acids is 1. The van der Waals surface area contributed by atoms with E-state index >= 15 is 0 Å². The molecule has 1 heterocycles. The van der Waals surface area contributed by atoms with Gasteiger partial charge in [0.2, 0.25) is 5.88 Å². The van der Waals surface area contributed by atoms with Gasteiger partial charge in [0, 0.05) is 28.3 Å². The van der Waals surface area contributed by atoms with E-state index in [0.717, 1.165) is 6.07 Å². The Morgan fingerprint density at radius 1 is 1.00 bits per heavy atom. The molecule has 1 amide bonds. The number of sulfonamides is 1. The summed E-state index contributed by atoms with van der Waals surface area (Å²) < 4.78 is 66.2. The lowest BCUT2D eigenvalue weighted by Gasteiger charge is -2.10. The number of carbonyl (C=O) groups is 1. The molecule has 3 rings (SSSR count). The number of para-hydroxylation sites is 1. The molecule has 0 aliphatic rings. The first-order chi connectivity index (χ1) is 12.6. The van der Waals surface area contributed by atoms with Gasteiger partial charge < -0.3 is 9.72 Å². The third-order valence-corrected chi connectivity index (χ3v) is 4.49. The molecule has 0 unspecified atom stereocenters. The summed E-state index contributed by atoms with van der Waals surface area (Å²) in [4.78, 5) is 14.6. The molecule has 11 heteroatoms. The number of alkyl halides is 3. The number of aromatic nitrogens is 1. The van der Waals surface area contributed by atoms with Crippen LogP contribution in [0.4, 0.5) is 29.3 Å². The zero-order valence-electron chi connectivity index (χ0n) is 13.4. The Labute approximate surface area is 151 Å². The molecule has 1 aromatic heterocycles. The number of amides is 1. The van der Waals surface area contributed by atoms with Crippen LogP contribution >= 0.6 is 0 Å². The van der Waals surface area contributed by atoms with Gasteiger partial charge in [0.15, 0.2) is 0 Å². The first-order valence-corrected chi connectivity index (χ1v) is 8.88. The number of hydrogen-bond donors (Lipinski definition) is 3. The van der Waals surface area contributed by atoms with E-state index in [1.54, 1.807) is 30.3 Å². The highest BCUT2D eigenvalue weighted by Crippen LogP contribution is 2.28. The van der Waals surface area contributed by atoms with Gasteiger partial charge in [-0.15, -0.1) is 0 Å². The second-order valence-corrected chi connectivity index (χ2v) is 7.04. The number of H-pyrrole nitrogens is 1. The van der Waals surface area contributed by atoms with Crippen molar-refractivity contribution in [1.29, 1.82) is 0 Å². The maximum absolute atomic E-state index is 12.4. The highest BCUT2D eigenvalue weighted by Gasteiger charge is 2.46. The first-order valence-electron chi connectivity index (χ1n) is 7.40. The second-order valence-electron chi connectivity index (χ2n) is 5.37. The molecule has 7 nitrogen and oxygen atoms in total. The smallest absolute Gasteiger partial charge is 0.393 e. The minimum absolute atomic E-state index is 0.0364. The molecule has 0 fully saturated rings. The predicted molar refractivity (Wildman–Crippen MR) is 93.0 cm³/mol. The molecule has 0 bridgehead atoms. The normalized spacial score (nSPS) is 12.0. The molecular formula is C16H12F3N3O4S. The van der Waals surface area contributed by atoms with E-state index in [1.165, 1.54) is 22.9 Å². The Morgan fingerprint density at radius 3 is 2.37 bits per heavy atom. The quantitative estimate of drug-likeness (QED) is 0.616. The largest absolute Gasteiger partial charge is 0.516 e. The van der Waals surface area contributed by atoms with Crippen LogP contribution in [0.3, 0.4) is 0 Å². The highest BCUT2D eigenvalue weighted by molar-refractivity contribution is 7.93. The van der Waals surface area contributed by atoms with Crippen LogP contribution in [-0.2, 0) is 10.0 Å². The van der Waals surface area contributed by atoms with E-state index in [2.05, 4.69) is 10.3 Å². The van der Waals surface area contributed by atoms with Crippen LogP contribution < -0.4 is 14.8 Å². The summed E-state index contributed by atoms with van der Waals surface area (Å²) in [7, 11) is -5.52. The van der Waals surface area contributed by atoms with Crippen molar-refractivity contribution in [2.45, 2.75) is 5.51 Å². The van der Waals surface area contributed by atoms with Crippen molar-refractivity contribution in [3.63, 3.8) is 0 Å². The van der Waals surface area contributed by atoms with Crippen molar-refractivity contribution in [2.75, 3.05) is 10.0 Å². The zero-order valence-corrected chi connectivity index (χ0v) is 14.2. The van der Waals surface area contributed by atoms with Crippen LogP contribution in [0.15, 0.2) is 54.6 Å². The third-order valence-electron chi connectivity index (χ3n) is 3.38. The summed E-state index contributed by atoms with van der Waals surface area (Å²) in [5, 5.41) is 2.84. The third kappa shape index (κ3) is 4.31. The number of halogens is 3. The Morgan fingerprint density at radius 2 is 1.70 bits per heavy atom. The number of nitrogens with one attached hydrogen (secondary N) is 3. The van der Waals surface area contributed by atoms with E-state index in [-0.39, 0.29) is 11.6 Å². The number of benzene rings is 2. The van der Waals surface area contributed by atoms with Gasteiger partial charge in [0.25, 0.3) is 0 Å². The number of aromatic amines is 1. The maximum Gasteiger partial charge on any atom is 0.516 e. The molecule has 0 saturated heterocycles. The van der Waals surface area contributed by atoms with Gasteiger partial charge in [-0.25, -0.2) is 4.79 Å². The Balaban J connectivity index is 1.75. The van der Waals surface area contributed by atoms with Gasteiger partial charge in [-0.3, -0.25) is 10.0 Å². The van der Waals surface area contributed by atoms with Gasteiger partial charge in [-0.2, -0.15) is 21.6 Å². The van der Waals surface area contributed by atoms with E-state index in [1.807, 2.05) is 0 Å². The van der Waals surface area contributed by atoms with Gasteiger partial charge in [0.05, 0.1) is 0 Å². The topological polar surface area (TPSA) is 100 Å². The highest BCUT2D eigenvalue weighted by atomic mass is 32.2.